The molecule has 0 saturated heterocycles. The normalized spacial score (nSPS) is 10.2. The summed E-state index contributed by atoms with van der Waals surface area (Å²) in [5, 5.41) is 2.78. The zero-order chi connectivity index (χ0) is 15.9. The number of amides is 1. The fourth-order valence-electron chi connectivity index (χ4n) is 2.02. The number of carbonyl (C=O) groups excluding carboxylic acids is 1. The van der Waals surface area contributed by atoms with E-state index >= 15 is 0 Å². The molecule has 0 aliphatic rings. The van der Waals surface area contributed by atoms with E-state index in [0.717, 1.165) is 22.4 Å². The number of benzene rings is 2. The van der Waals surface area contributed by atoms with E-state index in [1.165, 1.54) is 6.08 Å². The lowest BCUT2D eigenvalue weighted by atomic mass is 10.1. The summed E-state index contributed by atoms with van der Waals surface area (Å²) in [4.78, 5) is 12.0. The Bertz CT molecular complexity index is 754. The summed E-state index contributed by atoms with van der Waals surface area (Å²) in [6.45, 7) is 1.99. The third-order valence-electron chi connectivity index (χ3n) is 3.10. The lowest BCUT2D eigenvalue weighted by Crippen LogP contribution is -2.07. The summed E-state index contributed by atoms with van der Waals surface area (Å²) in [5.41, 5.74) is 3.35. The van der Waals surface area contributed by atoms with Gasteiger partial charge in [0, 0.05) is 22.9 Å². The highest BCUT2D eigenvalue weighted by Crippen LogP contribution is 2.21. The van der Waals surface area contributed by atoms with Gasteiger partial charge in [-0.1, -0.05) is 23.6 Å². The first kappa shape index (κ1) is 15.4. The first-order valence-corrected chi connectivity index (χ1v) is 6.83. The average molecular weight is 291 g/mol. The Labute approximate surface area is 130 Å². The van der Waals surface area contributed by atoms with Crippen molar-refractivity contribution in [1.29, 1.82) is 0 Å². The number of hydrogen-bond donors (Lipinski definition) is 1. The van der Waals surface area contributed by atoms with Gasteiger partial charge in [0.05, 0.1) is 7.11 Å². The van der Waals surface area contributed by atoms with Crippen LogP contribution in [0.2, 0.25) is 0 Å². The van der Waals surface area contributed by atoms with Crippen molar-refractivity contribution >= 4 is 17.7 Å². The minimum atomic E-state index is -0.224. The molecule has 0 saturated carbocycles. The third kappa shape index (κ3) is 4.00. The first-order valence-electron chi connectivity index (χ1n) is 6.83. The van der Waals surface area contributed by atoms with Gasteiger partial charge in [-0.15, -0.1) is 6.42 Å². The second-order valence-electron chi connectivity index (χ2n) is 4.79. The molecule has 0 heterocycles. The van der Waals surface area contributed by atoms with E-state index in [1.54, 1.807) is 31.4 Å². The Morgan fingerprint density at radius 3 is 2.82 bits per heavy atom. The number of nitrogens with one attached hydrogen (secondary N) is 1. The van der Waals surface area contributed by atoms with Gasteiger partial charge in [0.15, 0.2) is 0 Å². The number of methoxy groups -OCH3 is 1. The zero-order valence-corrected chi connectivity index (χ0v) is 12.6. The van der Waals surface area contributed by atoms with Crippen molar-refractivity contribution in [3.05, 3.63) is 65.2 Å². The maximum Gasteiger partial charge on any atom is 0.248 e. The van der Waals surface area contributed by atoms with E-state index in [4.69, 9.17) is 11.2 Å². The topological polar surface area (TPSA) is 38.3 Å². The van der Waals surface area contributed by atoms with Crippen LogP contribution in [0.5, 0.6) is 5.75 Å². The molecule has 0 aromatic heterocycles. The van der Waals surface area contributed by atoms with Gasteiger partial charge >= 0.3 is 0 Å². The fraction of sp³-hybridized carbons (Fsp3) is 0.105. The molecule has 0 unspecified atom stereocenters. The van der Waals surface area contributed by atoms with E-state index in [0.29, 0.717) is 5.69 Å². The molecule has 2 aromatic carbocycles. The number of aryl methyl sites for hydroxylation is 1. The second kappa shape index (κ2) is 7.14. The molecule has 110 valence electrons. The van der Waals surface area contributed by atoms with E-state index in [1.807, 2.05) is 31.2 Å². The molecule has 0 aliphatic carbocycles. The smallest absolute Gasteiger partial charge is 0.248 e. The van der Waals surface area contributed by atoms with Crippen LogP contribution in [0.15, 0.2) is 48.5 Å². The number of hydrogen-bond acceptors (Lipinski definition) is 2. The average Bonchev–Trinajstić information content (AvgIpc) is 2.53. The summed E-state index contributed by atoms with van der Waals surface area (Å²) in [6, 6.07) is 13.0. The number of carbonyl (C=O) groups is 1. The lowest BCUT2D eigenvalue weighted by molar-refractivity contribution is -0.111. The van der Waals surface area contributed by atoms with Crippen molar-refractivity contribution in [2.45, 2.75) is 6.92 Å². The zero-order valence-electron chi connectivity index (χ0n) is 12.6. The molecule has 0 spiro atoms. The molecule has 3 heteroatoms. The first-order chi connectivity index (χ1) is 10.6. The molecule has 3 nitrogen and oxygen atoms in total. The highest BCUT2D eigenvalue weighted by Gasteiger charge is 2.02. The standard InChI is InChI=1S/C19H17NO2/c1-4-15-6-5-7-17(13-15)20-19(21)11-9-16-12-14(2)8-10-18(16)22-3/h1,5-13H,2-3H3,(H,20,21)/b11-9-. The van der Waals surface area contributed by atoms with Crippen LogP contribution in [0, 0.1) is 19.3 Å². The number of terminal acetylenes is 1. The van der Waals surface area contributed by atoms with E-state index in [2.05, 4.69) is 11.2 Å². The van der Waals surface area contributed by atoms with E-state index in [9.17, 15) is 4.79 Å². The van der Waals surface area contributed by atoms with Gasteiger partial charge in [-0.25, -0.2) is 0 Å². The summed E-state index contributed by atoms with van der Waals surface area (Å²) < 4.78 is 5.28. The van der Waals surface area contributed by atoms with Crippen molar-refractivity contribution in [2.24, 2.45) is 0 Å². The van der Waals surface area contributed by atoms with Gasteiger partial charge in [-0.05, 0) is 43.3 Å². The SMILES string of the molecule is C#Cc1cccc(NC(=O)/C=C\c2cc(C)ccc2OC)c1. The molecule has 0 aliphatic heterocycles. The predicted octanol–water partition coefficient (Wildman–Crippen LogP) is 3.64. The molecule has 1 N–H and O–H groups in total. The highest BCUT2D eigenvalue weighted by molar-refractivity contribution is 6.02. The molecule has 0 radical (unpaired) electrons. The Hall–Kier alpha value is -2.99. The Morgan fingerprint density at radius 1 is 1.27 bits per heavy atom. The summed E-state index contributed by atoms with van der Waals surface area (Å²) in [5.74, 6) is 3.04. The quantitative estimate of drug-likeness (QED) is 0.690. The molecule has 2 rings (SSSR count). The molecule has 0 fully saturated rings. The van der Waals surface area contributed by atoms with E-state index < -0.39 is 0 Å². The van der Waals surface area contributed by atoms with Gasteiger partial charge in [0.25, 0.3) is 0 Å². The van der Waals surface area contributed by atoms with Crippen LogP contribution in [0.3, 0.4) is 0 Å². The van der Waals surface area contributed by atoms with Crippen molar-refractivity contribution in [1.82, 2.24) is 0 Å². The molecular weight excluding hydrogens is 274 g/mol. The molecule has 0 atom stereocenters. The van der Waals surface area contributed by atoms with Crippen LogP contribution in [-0.4, -0.2) is 13.0 Å². The van der Waals surface area contributed by atoms with Crippen LogP contribution in [-0.2, 0) is 4.79 Å². The van der Waals surface area contributed by atoms with Crippen molar-refractivity contribution in [3.63, 3.8) is 0 Å². The van der Waals surface area contributed by atoms with Gasteiger partial charge in [0.2, 0.25) is 5.91 Å². The summed E-state index contributed by atoms with van der Waals surface area (Å²) in [6.07, 6.45) is 8.54. The molecule has 1 amide bonds. The van der Waals surface area contributed by atoms with Crippen LogP contribution in [0.4, 0.5) is 5.69 Å². The largest absolute Gasteiger partial charge is 0.496 e. The minimum absolute atomic E-state index is 0.224. The molecule has 0 bridgehead atoms. The van der Waals surface area contributed by atoms with Crippen molar-refractivity contribution in [2.75, 3.05) is 12.4 Å². The Balaban J connectivity index is 2.11. The van der Waals surface area contributed by atoms with E-state index in [-0.39, 0.29) is 5.91 Å². The predicted molar refractivity (Wildman–Crippen MR) is 89.8 cm³/mol. The highest BCUT2D eigenvalue weighted by atomic mass is 16.5. The van der Waals surface area contributed by atoms with Gasteiger partial charge in [0.1, 0.15) is 5.75 Å². The number of rotatable bonds is 4. The maximum atomic E-state index is 12.0. The number of anilines is 1. The van der Waals surface area contributed by atoms with Crippen LogP contribution < -0.4 is 10.1 Å². The van der Waals surface area contributed by atoms with Gasteiger partial charge in [-0.3, -0.25) is 4.79 Å². The van der Waals surface area contributed by atoms with Crippen LogP contribution in [0.25, 0.3) is 6.08 Å². The Morgan fingerprint density at radius 2 is 2.09 bits per heavy atom. The number of ether oxygens (including phenoxy) is 1. The molecule has 2 aromatic rings. The lowest BCUT2D eigenvalue weighted by Gasteiger charge is -2.06. The summed E-state index contributed by atoms with van der Waals surface area (Å²) >= 11 is 0. The minimum Gasteiger partial charge on any atom is -0.496 e. The molecular formula is C19H17NO2. The van der Waals surface area contributed by atoms with Crippen molar-refractivity contribution < 1.29 is 9.53 Å². The maximum absolute atomic E-state index is 12.0. The summed E-state index contributed by atoms with van der Waals surface area (Å²) in [7, 11) is 1.60. The second-order valence-corrected chi connectivity index (χ2v) is 4.79. The monoisotopic (exact) mass is 291 g/mol. The van der Waals surface area contributed by atoms with Gasteiger partial charge < -0.3 is 10.1 Å². The van der Waals surface area contributed by atoms with Gasteiger partial charge in [-0.2, -0.15) is 0 Å². The Kier molecular flexibility index (Phi) is 5.00. The van der Waals surface area contributed by atoms with Crippen LogP contribution in [0.1, 0.15) is 16.7 Å². The van der Waals surface area contributed by atoms with Crippen LogP contribution >= 0.6 is 0 Å². The molecule has 22 heavy (non-hydrogen) atoms. The van der Waals surface area contributed by atoms with Crippen molar-refractivity contribution in [3.8, 4) is 18.1 Å². The third-order valence-corrected chi connectivity index (χ3v) is 3.10. The fourth-order valence-corrected chi connectivity index (χ4v) is 2.02.